The first-order chi connectivity index (χ1) is 8.90. The molecule has 0 radical (unpaired) electrons. The van der Waals surface area contributed by atoms with E-state index in [-0.39, 0.29) is 6.10 Å². The summed E-state index contributed by atoms with van der Waals surface area (Å²) in [6, 6.07) is 2.39. The van der Waals surface area contributed by atoms with Crippen LogP contribution in [0.5, 0.6) is 0 Å². The summed E-state index contributed by atoms with van der Waals surface area (Å²) in [5.41, 5.74) is 8.56. The van der Waals surface area contributed by atoms with Gasteiger partial charge in [0.25, 0.3) is 0 Å². The Morgan fingerprint density at radius 2 is 2.21 bits per heavy atom. The minimum absolute atomic E-state index is 0.210. The standard InChI is InChI=1S/C15H25N3O/c1-10(16)14-5-6-18(11(14)2)13-7-12(9-17(3)4)15(19)8-13/h5-6,12-13,15,19H,1,7-9,16H2,2-4H3/t12-,13-,15+/m1/s1. The molecule has 1 aromatic heterocycles. The zero-order valence-corrected chi connectivity index (χ0v) is 12.1. The molecule has 1 aliphatic rings. The average Bonchev–Trinajstić information content (AvgIpc) is 2.82. The van der Waals surface area contributed by atoms with E-state index < -0.39 is 0 Å². The number of hydrogen-bond acceptors (Lipinski definition) is 3. The number of aromatic nitrogens is 1. The molecule has 0 unspecified atom stereocenters. The van der Waals surface area contributed by atoms with Crippen LogP contribution in [0.4, 0.5) is 0 Å². The molecule has 1 heterocycles. The van der Waals surface area contributed by atoms with Crippen molar-refractivity contribution in [1.29, 1.82) is 0 Å². The van der Waals surface area contributed by atoms with Gasteiger partial charge in [-0.25, -0.2) is 0 Å². The average molecular weight is 263 g/mol. The monoisotopic (exact) mass is 263 g/mol. The summed E-state index contributed by atoms with van der Waals surface area (Å²) < 4.78 is 2.24. The Morgan fingerprint density at radius 3 is 2.74 bits per heavy atom. The number of nitrogens with two attached hydrogens (primary N) is 1. The molecule has 3 N–H and O–H groups in total. The highest BCUT2D eigenvalue weighted by molar-refractivity contribution is 5.62. The quantitative estimate of drug-likeness (QED) is 0.867. The van der Waals surface area contributed by atoms with Gasteiger partial charge in [0.1, 0.15) is 0 Å². The lowest BCUT2D eigenvalue weighted by Crippen LogP contribution is -2.26. The van der Waals surface area contributed by atoms with Crippen molar-refractivity contribution in [2.24, 2.45) is 11.7 Å². The van der Waals surface area contributed by atoms with Crippen LogP contribution in [0, 0.1) is 12.8 Å². The molecule has 1 fully saturated rings. The van der Waals surface area contributed by atoms with Gasteiger partial charge in [0.2, 0.25) is 0 Å². The Morgan fingerprint density at radius 1 is 1.53 bits per heavy atom. The Kier molecular flexibility index (Phi) is 4.02. The van der Waals surface area contributed by atoms with Crippen LogP contribution in [0.2, 0.25) is 0 Å². The second kappa shape index (κ2) is 5.39. The number of rotatable bonds is 4. The summed E-state index contributed by atoms with van der Waals surface area (Å²) in [5.74, 6) is 0.353. The van der Waals surface area contributed by atoms with Crippen molar-refractivity contribution in [2.45, 2.75) is 31.9 Å². The van der Waals surface area contributed by atoms with Gasteiger partial charge in [-0.05, 0) is 45.8 Å². The smallest absolute Gasteiger partial charge is 0.0601 e. The molecule has 1 aromatic rings. The fourth-order valence-electron chi connectivity index (χ4n) is 3.23. The van der Waals surface area contributed by atoms with Crippen LogP contribution in [-0.2, 0) is 0 Å². The van der Waals surface area contributed by atoms with Crippen molar-refractivity contribution in [1.82, 2.24) is 9.47 Å². The van der Waals surface area contributed by atoms with E-state index in [1.54, 1.807) is 0 Å². The lowest BCUT2D eigenvalue weighted by atomic mass is 10.1. The molecule has 0 aromatic carbocycles. The third-order valence-corrected chi connectivity index (χ3v) is 4.15. The lowest BCUT2D eigenvalue weighted by molar-refractivity contribution is 0.114. The molecule has 0 amide bonds. The molecule has 106 valence electrons. The molecule has 0 bridgehead atoms. The summed E-state index contributed by atoms with van der Waals surface area (Å²) in [6.07, 6.45) is 3.70. The van der Waals surface area contributed by atoms with E-state index in [2.05, 4.69) is 43.3 Å². The van der Waals surface area contributed by atoms with E-state index in [9.17, 15) is 5.11 Å². The van der Waals surface area contributed by atoms with Crippen LogP contribution in [0.15, 0.2) is 18.8 Å². The molecule has 0 saturated heterocycles. The first-order valence-corrected chi connectivity index (χ1v) is 6.85. The summed E-state index contributed by atoms with van der Waals surface area (Å²) in [7, 11) is 4.11. The Bertz CT molecular complexity index is 464. The van der Waals surface area contributed by atoms with Crippen molar-refractivity contribution >= 4 is 5.70 Å². The van der Waals surface area contributed by atoms with Gasteiger partial charge in [-0.2, -0.15) is 0 Å². The number of hydrogen-bond donors (Lipinski definition) is 2. The van der Waals surface area contributed by atoms with Crippen molar-refractivity contribution < 1.29 is 5.11 Å². The highest BCUT2D eigenvalue weighted by Gasteiger charge is 2.34. The highest BCUT2D eigenvalue weighted by atomic mass is 16.3. The van der Waals surface area contributed by atoms with Gasteiger partial charge in [0, 0.05) is 35.7 Å². The zero-order valence-electron chi connectivity index (χ0n) is 12.1. The maximum atomic E-state index is 10.2. The van der Waals surface area contributed by atoms with Crippen LogP contribution in [-0.4, -0.2) is 41.3 Å². The molecule has 2 rings (SSSR count). The van der Waals surface area contributed by atoms with Gasteiger partial charge in [0.05, 0.1) is 6.10 Å². The topological polar surface area (TPSA) is 54.4 Å². The fourth-order valence-corrected chi connectivity index (χ4v) is 3.23. The van der Waals surface area contributed by atoms with Crippen LogP contribution >= 0.6 is 0 Å². The minimum Gasteiger partial charge on any atom is -0.399 e. The molecule has 0 aliphatic heterocycles. The van der Waals surface area contributed by atoms with Gasteiger partial charge in [0.15, 0.2) is 0 Å². The van der Waals surface area contributed by atoms with Gasteiger partial charge < -0.3 is 20.3 Å². The molecule has 3 atom stereocenters. The van der Waals surface area contributed by atoms with Crippen LogP contribution in [0.3, 0.4) is 0 Å². The van der Waals surface area contributed by atoms with E-state index >= 15 is 0 Å². The third kappa shape index (κ3) is 2.85. The molecule has 1 saturated carbocycles. The molecule has 4 heteroatoms. The van der Waals surface area contributed by atoms with Gasteiger partial charge in [-0.15, -0.1) is 0 Å². The Balaban J connectivity index is 2.14. The molecule has 1 aliphatic carbocycles. The Labute approximate surface area is 115 Å². The minimum atomic E-state index is -0.210. The summed E-state index contributed by atoms with van der Waals surface area (Å²) in [6.45, 7) is 6.81. The van der Waals surface area contributed by atoms with Crippen molar-refractivity contribution in [2.75, 3.05) is 20.6 Å². The summed E-state index contributed by atoms with van der Waals surface area (Å²) in [5, 5.41) is 10.2. The number of aliphatic hydroxyl groups is 1. The van der Waals surface area contributed by atoms with Crippen LogP contribution in [0.25, 0.3) is 5.70 Å². The first kappa shape index (κ1) is 14.2. The lowest BCUT2D eigenvalue weighted by Gasteiger charge is -2.19. The number of nitrogens with zero attached hydrogens (tertiary/aromatic N) is 2. The largest absolute Gasteiger partial charge is 0.399 e. The van der Waals surface area contributed by atoms with Crippen molar-refractivity contribution in [3.8, 4) is 0 Å². The maximum absolute atomic E-state index is 10.2. The summed E-state index contributed by atoms with van der Waals surface area (Å²) >= 11 is 0. The van der Waals surface area contributed by atoms with E-state index in [0.717, 1.165) is 30.6 Å². The van der Waals surface area contributed by atoms with Gasteiger partial charge in [-0.3, -0.25) is 0 Å². The predicted octanol–water partition coefficient (Wildman–Crippen LogP) is 1.60. The second-order valence-corrected chi connectivity index (χ2v) is 5.96. The highest BCUT2D eigenvalue weighted by Crippen LogP contribution is 2.37. The maximum Gasteiger partial charge on any atom is 0.0601 e. The van der Waals surface area contributed by atoms with E-state index in [1.165, 1.54) is 0 Å². The van der Waals surface area contributed by atoms with Crippen LogP contribution in [0.1, 0.15) is 30.1 Å². The molecule has 4 nitrogen and oxygen atoms in total. The van der Waals surface area contributed by atoms with E-state index in [4.69, 9.17) is 5.73 Å². The second-order valence-electron chi connectivity index (χ2n) is 5.96. The molecule has 0 spiro atoms. The summed E-state index contributed by atoms with van der Waals surface area (Å²) in [4.78, 5) is 2.14. The third-order valence-electron chi connectivity index (χ3n) is 4.15. The Hall–Kier alpha value is -1.26. The number of aliphatic hydroxyl groups excluding tert-OH is 1. The molecule has 19 heavy (non-hydrogen) atoms. The van der Waals surface area contributed by atoms with Crippen molar-refractivity contribution in [3.05, 3.63) is 30.1 Å². The van der Waals surface area contributed by atoms with Gasteiger partial charge in [-0.1, -0.05) is 6.58 Å². The normalized spacial score (nSPS) is 27.1. The van der Waals surface area contributed by atoms with Crippen molar-refractivity contribution in [3.63, 3.8) is 0 Å². The zero-order chi connectivity index (χ0) is 14.2. The molecular weight excluding hydrogens is 238 g/mol. The fraction of sp³-hybridized carbons (Fsp3) is 0.600. The van der Waals surface area contributed by atoms with Gasteiger partial charge >= 0.3 is 0 Å². The van der Waals surface area contributed by atoms with E-state index in [0.29, 0.717) is 17.7 Å². The van der Waals surface area contributed by atoms with Crippen LogP contribution < -0.4 is 5.73 Å². The predicted molar refractivity (Wildman–Crippen MR) is 78.7 cm³/mol. The van der Waals surface area contributed by atoms with E-state index in [1.807, 2.05) is 6.07 Å². The first-order valence-electron chi connectivity index (χ1n) is 6.85. The SMILES string of the molecule is C=C(N)c1ccn([C@@H]2C[C@H](CN(C)C)[C@@H](O)C2)c1C. The molecular formula is C15H25N3O.